The number of rotatable bonds is 1. The Hall–Kier alpha value is -1.57. The minimum Gasteiger partial charge on any atom is -0.325 e. The Kier molecular flexibility index (Phi) is 2.28. The predicted molar refractivity (Wildman–Crippen MR) is 64.5 cm³/mol. The van der Waals surface area contributed by atoms with Gasteiger partial charge in [0.25, 0.3) is 0 Å². The average molecular weight is 212 g/mol. The summed E-state index contributed by atoms with van der Waals surface area (Å²) in [6.45, 7) is 2.10. The second-order valence-electron chi connectivity index (χ2n) is 4.49. The largest absolute Gasteiger partial charge is 0.325 e. The van der Waals surface area contributed by atoms with Crippen molar-refractivity contribution in [1.82, 2.24) is 9.55 Å². The summed E-state index contributed by atoms with van der Waals surface area (Å²) < 4.78 is 2.40. The number of fused-ring (bicyclic) bond motifs is 1. The van der Waals surface area contributed by atoms with Crippen molar-refractivity contribution in [2.75, 3.05) is 0 Å². The van der Waals surface area contributed by atoms with Crippen LogP contribution in [0.15, 0.2) is 36.5 Å². The second-order valence-corrected chi connectivity index (χ2v) is 4.49. The molecule has 1 unspecified atom stereocenters. The zero-order valence-corrected chi connectivity index (χ0v) is 9.56. The fourth-order valence-corrected chi connectivity index (χ4v) is 2.71. The highest BCUT2D eigenvalue weighted by Gasteiger charge is 2.22. The van der Waals surface area contributed by atoms with E-state index in [9.17, 15) is 0 Å². The van der Waals surface area contributed by atoms with Crippen molar-refractivity contribution in [2.24, 2.45) is 0 Å². The summed E-state index contributed by atoms with van der Waals surface area (Å²) in [7, 11) is 0. The zero-order valence-electron chi connectivity index (χ0n) is 9.56. The molecule has 0 spiro atoms. The molecule has 1 aliphatic rings. The van der Waals surface area contributed by atoms with E-state index in [0.29, 0.717) is 6.04 Å². The molecule has 0 amide bonds. The molecule has 0 saturated carbocycles. The van der Waals surface area contributed by atoms with Gasteiger partial charge in [0.1, 0.15) is 5.82 Å². The Balaban J connectivity index is 2.08. The lowest BCUT2D eigenvalue weighted by Gasteiger charge is -2.27. The fourth-order valence-electron chi connectivity index (χ4n) is 2.71. The molecule has 2 nitrogen and oxygen atoms in total. The molecule has 1 atom stereocenters. The van der Waals surface area contributed by atoms with Crippen LogP contribution >= 0.6 is 0 Å². The topological polar surface area (TPSA) is 17.8 Å². The summed E-state index contributed by atoms with van der Waals surface area (Å²) in [6.07, 6.45) is 5.70. The summed E-state index contributed by atoms with van der Waals surface area (Å²) in [6, 6.07) is 11.3. The monoisotopic (exact) mass is 212 g/mol. The van der Waals surface area contributed by atoms with Gasteiger partial charge in [-0.1, -0.05) is 30.3 Å². The molecule has 1 aromatic carbocycles. The molecule has 1 aromatic heterocycles. The van der Waals surface area contributed by atoms with Crippen LogP contribution in [0.1, 0.15) is 36.0 Å². The summed E-state index contributed by atoms with van der Waals surface area (Å²) in [5, 5.41) is 0. The predicted octanol–water partition coefficient (Wildman–Crippen LogP) is 3.12. The third kappa shape index (κ3) is 1.45. The van der Waals surface area contributed by atoms with Gasteiger partial charge in [-0.05, 0) is 31.7 Å². The molecule has 3 rings (SSSR count). The molecule has 2 heterocycles. The van der Waals surface area contributed by atoms with Crippen LogP contribution in [-0.2, 0) is 6.42 Å². The van der Waals surface area contributed by atoms with E-state index in [0.717, 1.165) is 5.82 Å². The van der Waals surface area contributed by atoms with Crippen molar-refractivity contribution in [1.29, 1.82) is 0 Å². The van der Waals surface area contributed by atoms with E-state index in [4.69, 9.17) is 0 Å². The maximum atomic E-state index is 4.44. The lowest BCUT2D eigenvalue weighted by molar-refractivity contribution is 0.449. The minimum atomic E-state index is 0.493. The highest BCUT2D eigenvalue weighted by Crippen LogP contribution is 2.31. The molecule has 82 valence electrons. The van der Waals surface area contributed by atoms with Crippen molar-refractivity contribution in [3.63, 3.8) is 0 Å². The van der Waals surface area contributed by atoms with Gasteiger partial charge in [0.05, 0.1) is 6.04 Å². The smallest absolute Gasteiger partial charge is 0.106 e. The molecule has 2 aromatic rings. The van der Waals surface area contributed by atoms with Crippen LogP contribution in [0.25, 0.3) is 0 Å². The number of aryl methyl sites for hydroxylation is 2. The van der Waals surface area contributed by atoms with Crippen LogP contribution in [0.5, 0.6) is 0 Å². The molecule has 16 heavy (non-hydrogen) atoms. The molecule has 0 radical (unpaired) electrons. The van der Waals surface area contributed by atoms with Crippen molar-refractivity contribution >= 4 is 0 Å². The van der Waals surface area contributed by atoms with E-state index in [2.05, 4.69) is 46.8 Å². The van der Waals surface area contributed by atoms with Crippen molar-refractivity contribution in [3.8, 4) is 0 Å². The maximum Gasteiger partial charge on any atom is 0.106 e. The van der Waals surface area contributed by atoms with E-state index >= 15 is 0 Å². The Morgan fingerprint density at radius 1 is 1.25 bits per heavy atom. The molecule has 0 saturated heterocycles. The van der Waals surface area contributed by atoms with Gasteiger partial charge in [-0.2, -0.15) is 0 Å². The van der Waals surface area contributed by atoms with E-state index < -0.39 is 0 Å². The minimum absolute atomic E-state index is 0.493. The van der Waals surface area contributed by atoms with Gasteiger partial charge in [-0.3, -0.25) is 0 Å². The van der Waals surface area contributed by atoms with Crippen LogP contribution in [0.3, 0.4) is 0 Å². The molecule has 1 aliphatic heterocycles. The standard InChI is InChI=1S/C14H16N2/c1-11-15-10-13-8-5-9-14(16(11)13)12-6-3-2-4-7-12/h2-4,6-7,10,14H,5,8-9H2,1H3. The van der Waals surface area contributed by atoms with Gasteiger partial charge < -0.3 is 4.57 Å². The Bertz CT molecular complexity index is 485. The lowest BCUT2D eigenvalue weighted by atomic mass is 9.96. The number of aromatic nitrogens is 2. The Morgan fingerprint density at radius 3 is 2.88 bits per heavy atom. The molecule has 0 fully saturated rings. The van der Waals surface area contributed by atoms with Gasteiger partial charge in [-0.25, -0.2) is 4.98 Å². The average Bonchev–Trinajstić information content (AvgIpc) is 2.73. The number of nitrogens with zero attached hydrogens (tertiary/aromatic N) is 2. The zero-order chi connectivity index (χ0) is 11.0. The van der Waals surface area contributed by atoms with Gasteiger partial charge in [-0.15, -0.1) is 0 Å². The van der Waals surface area contributed by atoms with E-state index in [1.54, 1.807) is 0 Å². The lowest BCUT2D eigenvalue weighted by Crippen LogP contribution is -2.19. The van der Waals surface area contributed by atoms with Crippen LogP contribution in [0.4, 0.5) is 0 Å². The first-order chi connectivity index (χ1) is 7.86. The third-order valence-corrected chi connectivity index (χ3v) is 3.46. The summed E-state index contributed by atoms with van der Waals surface area (Å²) in [5.41, 5.74) is 2.79. The SMILES string of the molecule is Cc1ncc2n1C(c1ccccc1)CCC2. The Morgan fingerprint density at radius 2 is 2.06 bits per heavy atom. The molecular weight excluding hydrogens is 196 g/mol. The van der Waals surface area contributed by atoms with Crippen molar-refractivity contribution < 1.29 is 0 Å². The third-order valence-electron chi connectivity index (χ3n) is 3.46. The summed E-state index contributed by atoms with van der Waals surface area (Å²) in [4.78, 5) is 4.44. The first-order valence-corrected chi connectivity index (χ1v) is 5.94. The number of benzene rings is 1. The van der Waals surface area contributed by atoms with Gasteiger partial charge in [0, 0.05) is 11.9 Å². The molecule has 0 bridgehead atoms. The highest BCUT2D eigenvalue weighted by atomic mass is 15.1. The van der Waals surface area contributed by atoms with Crippen LogP contribution in [0, 0.1) is 6.92 Å². The van der Waals surface area contributed by atoms with Crippen LogP contribution in [-0.4, -0.2) is 9.55 Å². The van der Waals surface area contributed by atoms with Gasteiger partial charge in [0.15, 0.2) is 0 Å². The van der Waals surface area contributed by atoms with Crippen LogP contribution < -0.4 is 0 Å². The van der Waals surface area contributed by atoms with Crippen molar-refractivity contribution in [2.45, 2.75) is 32.2 Å². The van der Waals surface area contributed by atoms with E-state index in [1.807, 2.05) is 6.20 Å². The quantitative estimate of drug-likeness (QED) is 0.710. The number of imidazole rings is 1. The van der Waals surface area contributed by atoms with E-state index in [1.165, 1.54) is 30.5 Å². The summed E-state index contributed by atoms with van der Waals surface area (Å²) >= 11 is 0. The van der Waals surface area contributed by atoms with Crippen molar-refractivity contribution in [3.05, 3.63) is 53.6 Å². The van der Waals surface area contributed by atoms with Gasteiger partial charge in [0.2, 0.25) is 0 Å². The van der Waals surface area contributed by atoms with Crippen LogP contribution in [0.2, 0.25) is 0 Å². The van der Waals surface area contributed by atoms with E-state index in [-0.39, 0.29) is 0 Å². The van der Waals surface area contributed by atoms with Gasteiger partial charge >= 0.3 is 0 Å². The first-order valence-electron chi connectivity index (χ1n) is 5.94. The normalized spacial score (nSPS) is 19.4. The second kappa shape index (κ2) is 3.78. The first kappa shape index (κ1) is 9.64. The molecule has 0 N–H and O–H groups in total. The molecular formula is C14H16N2. The molecule has 0 aliphatic carbocycles. The maximum absolute atomic E-state index is 4.44. The number of hydrogen-bond donors (Lipinski definition) is 0. The highest BCUT2D eigenvalue weighted by molar-refractivity contribution is 5.24. The number of hydrogen-bond acceptors (Lipinski definition) is 1. The summed E-state index contributed by atoms with van der Waals surface area (Å²) in [5.74, 6) is 1.14. The molecule has 2 heteroatoms. The fraction of sp³-hybridized carbons (Fsp3) is 0.357. The Labute approximate surface area is 95.9 Å².